The van der Waals surface area contributed by atoms with Gasteiger partial charge in [-0.25, -0.2) is 4.39 Å². The van der Waals surface area contributed by atoms with Crippen molar-refractivity contribution in [1.82, 2.24) is 9.80 Å². The van der Waals surface area contributed by atoms with E-state index < -0.39 is 0 Å². The molecule has 1 atom stereocenters. The van der Waals surface area contributed by atoms with Crippen LogP contribution in [0.15, 0.2) is 24.3 Å². The van der Waals surface area contributed by atoms with Gasteiger partial charge in [-0.1, -0.05) is 6.07 Å². The van der Waals surface area contributed by atoms with E-state index in [2.05, 4.69) is 15.1 Å². The quantitative estimate of drug-likeness (QED) is 0.835. The van der Waals surface area contributed by atoms with Crippen molar-refractivity contribution < 1.29 is 9.18 Å². The van der Waals surface area contributed by atoms with Gasteiger partial charge >= 0.3 is 0 Å². The number of likely N-dealkylation sites (N-methyl/N-ethyl adjacent to an activating group) is 1. The number of rotatable bonds is 4. The SMILES string of the molecule is CN1CCN(CC(=O)Nc2cccc(F)c2)C(CN)C1. The third-order valence-electron chi connectivity index (χ3n) is 3.53. The zero-order valence-corrected chi connectivity index (χ0v) is 11.7. The van der Waals surface area contributed by atoms with Gasteiger partial charge < -0.3 is 16.0 Å². The standard InChI is InChI=1S/C14H21FN4O/c1-18-5-6-19(13(8-16)9-18)10-14(20)17-12-4-2-3-11(15)7-12/h2-4,7,13H,5-6,8-10,16H2,1H3,(H,17,20). The van der Waals surface area contributed by atoms with Crippen LogP contribution in [0.25, 0.3) is 0 Å². The van der Waals surface area contributed by atoms with Gasteiger partial charge in [0.15, 0.2) is 0 Å². The first kappa shape index (κ1) is 14.9. The van der Waals surface area contributed by atoms with E-state index in [1.54, 1.807) is 12.1 Å². The fraction of sp³-hybridized carbons (Fsp3) is 0.500. The van der Waals surface area contributed by atoms with Crippen LogP contribution in [0.4, 0.5) is 10.1 Å². The summed E-state index contributed by atoms with van der Waals surface area (Å²) in [5.74, 6) is -0.499. The smallest absolute Gasteiger partial charge is 0.238 e. The second kappa shape index (κ2) is 6.78. The van der Waals surface area contributed by atoms with E-state index in [0.717, 1.165) is 19.6 Å². The average molecular weight is 280 g/mol. The molecule has 0 aliphatic carbocycles. The van der Waals surface area contributed by atoms with Crippen LogP contribution in [0.2, 0.25) is 0 Å². The molecule has 1 amide bonds. The van der Waals surface area contributed by atoms with Crippen molar-refractivity contribution in [2.45, 2.75) is 6.04 Å². The summed E-state index contributed by atoms with van der Waals surface area (Å²) in [4.78, 5) is 16.3. The lowest BCUT2D eigenvalue weighted by Crippen LogP contribution is -2.56. The summed E-state index contributed by atoms with van der Waals surface area (Å²) in [6, 6.07) is 6.09. The van der Waals surface area contributed by atoms with Crippen LogP contribution in [-0.4, -0.2) is 61.5 Å². The molecule has 0 bridgehead atoms. The molecule has 5 nitrogen and oxygen atoms in total. The number of nitrogens with two attached hydrogens (primary N) is 1. The molecular formula is C14H21FN4O. The van der Waals surface area contributed by atoms with Crippen LogP contribution in [-0.2, 0) is 4.79 Å². The van der Waals surface area contributed by atoms with Crippen molar-refractivity contribution in [2.75, 3.05) is 45.1 Å². The second-order valence-electron chi connectivity index (χ2n) is 5.18. The molecule has 1 fully saturated rings. The Hall–Kier alpha value is -1.50. The van der Waals surface area contributed by atoms with Crippen LogP contribution in [0, 0.1) is 5.82 Å². The number of piperazine rings is 1. The lowest BCUT2D eigenvalue weighted by Gasteiger charge is -2.39. The summed E-state index contributed by atoms with van der Waals surface area (Å²) in [5, 5.41) is 2.71. The molecule has 1 heterocycles. The normalized spacial score (nSPS) is 20.9. The number of nitrogens with one attached hydrogen (secondary N) is 1. The van der Waals surface area contributed by atoms with Crippen LogP contribution >= 0.6 is 0 Å². The first-order valence-electron chi connectivity index (χ1n) is 6.76. The fourth-order valence-corrected chi connectivity index (χ4v) is 2.43. The largest absolute Gasteiger partial charge is 0.329 e. The van der Waals surface area contributed by atoms with Crippen LogP contribution in [0.5, 0.6) is 0 Å². The summed E-state index contributed by atoms with van der Waals surface area (Å²) in [6.45, 7) is 3.41. The number of nitrogens with zero attached hydrogens (tertiary/aromatic N) is 2. The molecule has 1 aromatic carbocycles. The highest BCUT2D eigenvalue weighted by atomic mass is 19.1. The molecule has 0 spiro atoms. The molecule has 3 N–H and O–H groups in total. The molecule has 110 valence electrons. The highest BCUT2D eigenvalue weighted by molar-refractivity contribution is 5.92. The lowest BCUT2D eigenvalue weighted by atomic mass is 10.1. The molecule has 0 saturated carbocycles. The summed E-state index contributed by atoms with van der Waals surface area (Å²) >= 11 is 0. The summed E-state index contributed by atoms with van der Waals surface area (Å²) in [6.07, 6.45) is 0. The minimum Gasteiger partial charge on any atom is -0.329 e. The average Bonchev–Trinajstić information content (AvgIpc) is 2.40. The number of hydrogen-bond acceptors (Lipinski definition) is 4. The van der Waals surface area contributed by atoms with E-state index in [1.807, 2.05) is 7.05 Å². The van der Waals surface area contributed by atoms with Gasteiger partial charge in [0, 0.05) is 37.9 Å². The molecule has 1 unspecified atom stereocenters. The number of carbonyl (C=O) groups excluding carboxylic acids is 1. The Morgan fingerprint density at radius 3 is 3.00 bits per heavy atom. The summed E-state index contributed by atoms with van der Waals surface area (Å²) in [5.41, 5.74) is 6.23. The summed E-state index contributed by atoms with van der Waals surface area (Å²) in [7, 11) is 2.05. The van der Waals surface area contributed by atoms with E-state index >= 15 is 0 Å². The van der Waals surface area contributed by atoms with Gasteiger partial charge in [-0.05, 0) is 25.2 Å². The van der Waals surface area contributed by atoms with Crippen LogP contribution in [0.1, 0.15) is 0 Å². The maximum atomic E-state index is 13.1. The number of amides is 1. The highest BCUT2D eigenvalue weighted by Gasteiger charge is 2.25. The van der Waals surface area contributed by atoms with Gasteiger partial charge in [0.05, 0.1) is 6.54 Å². The van der Waals surface area contributed by atoms with E-state index in [-0.39, 0.29) is 24.3 Å². The third kappa shape index (κ3) is 4.00. The molecule has 1 aromatic rings. The van der Waals surface area contributed by atoms with Crippen molar-refractivity contribution >= 4 is 11.6 Å². The highest BCUT2D eigenvalue weighted by Crippen LogP contribution is 2.11. The lowest BCUT2D eigenvalue weighted by molar-refractivity contribution is -0.118. The summed E-state index contributed by atoms with van der Waals surface area (Å²) < 4.78 is 13.1. The zero-order chi connectivity index (χ0) is 14.5. The minimum absolute atomic E-state index is 0.140. The van der Waals surface area contributed by atoms with Crippen LogP contribution in [0.3, 0.4) is 0 Å². The van der Waals surface area contributed by atoms with Crippen molar-refractivity contribution in [3.05, 3.63) is 30.1 Å². The van der Waals surface area contributed by atoms with Gasteiger partial charge in [0.1, 0.15) is 5.82 Å². The van der Waals surface area contributed by atoms with Crippen LogP contribution < -0.4 is 11.1 Å². The number of halogens is 1. The molecule has 0 aromatic heterocycles. The van der Waals surface area contributed by atoms with Gasteiger partial charge in [-0.3, -0.25) is 9.69 Å². The first-order chi connectivity index (χ1) is 9.58. The van der Waals surface area contributed by atoms with Crippen molar-refractivity contribution in [1.29, 1.82) is 0 Å². The predicted molar refractivity (Wildman–Crippen MR) is 76.9 cm³/mol. The Bertz CT molecular complexity index is 468. The van der Waals surface area contributed by atoms with Crippen molar-refractivity contribution in [2.24, 2.45) is 5.73 Å². The number of anilines is 1. The molecule has 6 heteroatoms. The predicted octanol–water partition coefficient (Wildman–Crippen LogP) is 0.339. The Labute approximate surface area is 118 Å². The Kier molecular flexibility index (Phi) is 5.05. The van der Waals surface area contributed by atoms with Gasteiger partial charge in [-0.15, -0.1) is 0 Å². The van der Waals surface area contributed by atoms with Gasteiger partial charge in [0.25, 0.3) is 0 Å². The molecule has 1 saturated heterocycles. The first-order valence-corrected chi connectivity index (χ1v) is 6.76. The molecule has 20 heavy (non-hydrogen) atoms. The molecule has 1 aliphatic heterocycles. The molecule has 2 rings (SSSR count). The van der Waals surface area contributed by atoms with E-state index in [0.29, 0.717) is 12.2 Å². The topological polar surface area (TPSA) is 61.6 Å². The van der Waals surface area contributed by atoms with E-state index in [4.69, 9.17) is 5.73 Å². The Morgan fingerprint density at radius 2 is 2.30 bits per heavy atom. The molecule has 0 radical (unpaired) electrons. The Morgan fingerprint density at radius 1 is 1.50 bits per heavy atom. The number of carbonyl (C=O) groups is 1. The number of hydrogen-bond donors (Lipinski definition) is 2. The molecule has 1 aliphatic rings. The second-order valence-corrected chi connectivity index (χ2v) is 5.18. The fourth-order valence-electron chi connectivity index (χ4n) is 2.43. The van der Waals surface area contributed by atoms with E-state index in [9.17, 15) is 9.18 Å². The van der Waals surface area contributed by atoms with Crippen molar-refractivity contribution in [3.63, 3.8) is 0 Å². The Balaban J connectivity index is 1.90. The third-order valence-corrected chi connectivity index (χ3v) is 3.53. The van der Waals surface area contributed by atoms with Crippen molar-refractivity contribution in [3.8, 4) is 0 Å². The maximum absolute atomic E-state index is 13.1. The van der Waals surface area contributed by atoms with Gasteiger partial charge in [0.2, 0.25) is 5.91 Å². The van der Waals surface area contributed by atoms with E-state index in [1.165, 1.54) is 12.1 Å². The zero-order valence-electron chi connectivity index (χ0n) is 11.7. The molecular weight excluding hydrogens is 259 g/mol. The number of benzene rings is 1. The minimum atomic E-state index is -0.359. The maximum Gasteiger partial charge on any atom is 0.238 e. The van der Waals surface area contributed by atoms with Gasteiger partial charge in [-0.2, -0.15) is 0 Å². The monoisotopic (exact) mass is 280 g/mol.